The molecule has 0 saturated carbocycles. The first-order chi connectivity index (χ1) is 23.1. The van der Waals surface area contributed by atoms with Gasteiger partial charge in [0.05, 0.1) is 20.0 Å². The number of carbonyl (C=O) groups is 3. The molecule has 1 aliphatic carbocycles. The summed E-state index contributed by atoms with van der Waals surface area (Å²) in [6, 6.07) is 7.58. The van der Waals surface area contributed by atoms with E-state index in [9.17, 15) is 27.9 Å². The Morgan fingerprint density at radius 3 is 2.45 bits per heavy atom. The van der Waals surface area contributed by atoms with Crippen LogP contribution in [0, 0.1) is 12.8 Å². The Kier molecular flexibility index (Phi) is 10.4. The van der Waals surface area contributed by atoms with Crippen LogP contribution in [0.2, 0.25) is 5.02 Å². The number of Topliss-reactive ketones (excluding diaryl/α,β-unsaturated/α-hetero) is 2. The number of rotatable bonds is 12. The lowest BCUT2D eigenvalue weighted by Crippen LogP contribution is -2.53. The lowest BCUT2D eigenvalue weighted by Gasteiger charge is -2.38. The number of nitrogens with one attached hydrogen (secondary N) is 1. The molecule has 1 aliphatic heterocycles. The Labute approximate surface area is 292 Å². The van der Waals surface area contributed by atoms with Crippen LogP contribution < -0.4 is 19.5 Å². The predicted molar refractivity (Wildman–Crippen MR) is 181 cm³/mol. The number of thioether (sulfide) groups is 1. The van der Waals surface area contributed by atoms with E-state index >= 15 is 0 Å². The molecule has 5 rings (SSSR count). The highest BCUT2D eigenvalue weighted by Gasteiger charge is 2.61. The molecule has 0 fully saturated rings. The van der Waals surface area contributed by atoms with Crippen LogP contribution in [-0.2, 0) is 19.4 Å². The Balaban J connectivity index is 1.60. The molecule has 4 atom stereocenters. The monoisotopic (exact) mass is 733 g/mol. The zero-order valence-electron chi connectivity index (χ0n) is 27.7. The van der Waals surface area contributed by atoms with Gasteiger partial charge in [0.25, 0.3) is 0 Å². The number of allylic oxidation sites excluding steroid dienone is 1. The van der Waals surface area contributed by atoms with Crippen LogP contribution in [0.3, 0.4) is 0 Å². The van der Waals surface area contributed by atoms with E-state index in [2.05, 4.69) is 15.5 Å². The van der Waals surface area contributed by atoms with Gasteiger partial charge in [-0.2, -0.15) is 4.98 Å². The summed E-state index contributed by atoms with van der Waals surface area (Å²) in [6.07, 6.45) is 2.34. The van der Waals surface area contributed by atoms with Crippen molar-refractivity contribution in [3.63, 3.8) is 0 Å². The number of aromatic nitrogens is 2. The van der Waals surface area contributed by atoms with Gasteiger partial charge in [-0.25, -0.2) is 8.42 Å². The summed E-state index contributed by atoms with van der Waals surface area (Å²) in [4.78, 5) is 47.2. The molecular formula is C33H36ClN3O10S2. The quantitative estimate of drug-likeness (QED) is 0.238. The van der Waals surface area contributed by atoms with E-state index in [1.54, 1.807) is 26.0 Å². The molecule has 0 bridgehead atoms. The Morgan fingerprint density at radius 2 is 1.88 bits per heavy atom. The fourth-order valence-electron chi connectivity index (χ4n) is 6.24. The number of halogens is 1. The highest BCUT2D eigenvalue weighted by molar-refractivity contribution is 7.98. The third-order valence-corrected chi connectivity index (χ3v) is 10.8. The summed E-state index contributed by atoms with van der Waals surface area (Å²) >= 11 is 8.08. The van der Waals surface area contributed by atoms with E-state index in [4.69, 9.17) is 30.3 Å². The highest BCUT2D eigenvalue weighted by atomic mass is 35.5. The van der Waals surface area contributed by atoms with Gasteiger partial charge in [0.15, 0.2) is 23.1 Å². The summed E-state index contributed by atoms with van der Waals surface area (Å²) in [7, 11) is -0.667. The normalized spacial score (nSPS) is 20.2. The molecule has 3 aromatic rings. The van der Waals surface area contributed by atoms with Gasteiger partial charge >= 0.3 is 0 Å². The summed E-state index contributed by atoms with van der Waals surface area (Å²) in [6.45, 7) is 3.20. The van der Waals surface area contributed by atoms with Gasteiger partial charge in [0.2, 0.25) is 23.2 Å². The van der Waals surface area contributed by atoms with Crippen molar-refractivity contribution in [2.24, 2.45) is 5.92 Å². The van der Waals surface area contributed by atoms with Crippen molar-refractivity contribution in [1.82, 2.24) is 15.5 Å². The standard InChI is InChI=1S/C33H36ClN3O10S2/c1-16-13-22(38)26(30(40)33(16)31(41)27-23(44-3)15-24(45-4)28(34)29(27)46-33)20(18-7-9-19(48-5)10-8-18)14-25(39)36-21(11-12-49(6,42)43)32-35-17(2)37-47-32/h7-10,15-16,20-21,40H,11-14H2,1-6H3,(H,36,39). The average Bonchev–Trinajstić information content (AvgIpc) is 3.63. The number of aliphatic hydroxyl groups is 1. The van der Waals surface area contributed by atoms with Crippen molar-refractivity contribution in [3.05, 3.63) is 69.5 Å². The summed E-state index contributed by atoms with van der Waals surface area (Å²) < 4.78 is 46.4. The fourth-order valence-corrected chi connectivity index (χ4v) is 7.58. The zero-order valence-corrected chi connectivity index (χ0v) is 30.0. The summed E-state index contributed by atoms with van der Waals surface area (Å²) in [5, 5.41) is 18.7. The molecule has 1 amide bonds. The second kappa shape index (κ2) is 14.0. The van der Waals surface area contributed by atoms with Gasteiger partial charge in [-0.05, 0) is 37.3 Å². The largest absolute Gasteiger partial charge is 0.507 e. The summed E-state index contributed by atoms with van der Waals surface area (Å²) in [5.41, 5.74) is -1.73. The first-order valence-electron chi connectivity index (χ1n) is 15.2. The molecule has 2 heterocycles. The smallest absolute Gasteiger partial charge is 0.249 e. The second-order valence-electron chi connectivity index (χ2n) is 12.0. The number of aliphatic hydroxyl groups excluding tert-OH is 1. The molecular weight excluding hydrogens is 698 g/mol. The van der Waals surface area contributed by atoms with Gasteiger partial charge in [-0.15, -0.1) is 11.8 Å². The molecule has 49 heavy (non-hydrogen) atoms. The number of hydrogen-bond donors (Lipinski definition) is 2. The van der Waals surface area contributed by atoms with Gasteiger partial charge in [0.1, 0.15) is 38.0 Å². The molecule has 4 unspecified atom stereocenters. The molecule has 262 valence electrons. The first kappa shape index (κ1) is 36.2. The molecule has 2 aliphatic rings. The molecule has 0 saturated heterocycles. The zero-order chi connectivity index (χ0) is 35.8. The second-order valence-corrected chi connectivity index (χ2v) is 15.5. The van der Waals surface area contributed by atoms with E-state index in [1.807, 2.05) is 18.4 Å². The Bertz CT molecular complexity index is 1940. The SMILES string of the molecule is COc1cc(OC)c2c(c1Cl)OC1(C2=O)C(O)=C(C(CC(=O)NC(CCS(C)(=O)=O)c2nc(C)no2)c2ccc(SC)cc2)C(=O)CC1C. The van der Waals surface area contributed by atoms with Crippen LogP contribution in [-0.4, -0.2) is 79.2 Å². The van der Waals surface area contributed by atoms with Crippen LogP contribution in [0.5, 0.6) is 17.2 Å². The van der Waals surface area contributed by atoms with Crippen molar-refractivity contribution < 1.29 is 46.6 Å². The van der Waals surface area contributed by atoms with E-state index in [0.29, 0.717) is 11.4 Å². The number of hydrogen-bond acceptors (Lipinski definition) is 13. The van der Waals surface area contributed by atoms with Gasteiger partial charge in [0, 0.05) is 47.5 Å². The minimum absolute atomic E-state index is 0.0115. The molecule has 16 heteroatoms. The maximum atomic E-state index is 14.3. The number of aryl methyl sites for hydroxylation is 1. The third kappa shape index (κ3) is 6.88. The lowest BCUT2D eigenvalue weighted by molar-refractivity contribution is -0.122. The molecule has 13 nitrogen and oxygen atoms in total. The van der Waals surface area contributed by atoms with Crippen molar-refractivity contribution in [3.8, 4) is 17.2 Å². The van der Waals surface area contributed by atoms with E-state index < -0.39 is 56.5 Å². The number of ether oxygens (including phenoxy) is 3. The molecule has 1 spiro atoms. The van der Waals surface area contributed by atoms with Crippen molar-refractivity contribution in [2.45, 2.75) is 55.6 Å². The van der Waals surface area contributed by atoms with Crippen LogP contribution in [0.4, 0.5) is 0 Å². The number of methoxy groups -OCH3 is 2. The number of ketones is 2. The molecule has 2 aromatic carbocycles. The lowest BCUT2D eigenvalue weighted by atomic mass is 9.69. The number of nitrogens with zero attached hydrogens (tertiary/aromatic N) is 2. The third-order valence-electron chi connectivity index (χ3n) is 8.72. The number of sulfone groups is 1. The van der Waals surface area contributed by atoms with Crippen LogP contribution >= 0.6 is 23.4 Å². The Hall–Kier alpha value is -4.08. The van der Waals surface area contributed by atoms with E-state index in [1.165, 1.54) is 32.0 Å². The van der Waals surface area contributed by atoms with Crippen molar-refractivity contribution in [1.29, 1.82) is 0 Å². The maximum Gasteiger partial charge on any atom is 0.249 e. The van der Waals surface area contributed by atoms with Crippen LogP contribution in [0.1, 0.15) is 65.8 Å². The maximum absolute atomic E-state index is 14.3. The van der Waals surface area contributed by atoms with Crippen molar-refractivity contribution in [2.75, 3.05) is 32.5 Å². The molecule has 2 N–H and O–H groups in total. The number of carbonyl (C=O) groups excluding carboxylic acids is 3. The summed E-state index contributed by atoms with van der Waals surface area (Å²) in [5.74, 6) is -4.02. The minimum atomic E-state index is -3.42. The average molecular weight is 734 g/mol. The topological polar surface area (TPSA) is 184 Å². The fraction of sp³-hybridized carbons (Fsp3) is 0.424. The Morgan fingerprint density at radius 1 is 1.20 bits per heavy atom. The van der Waals surface area contributed by atoms with Gasteiger partial charge < -0.3 is 29.2 Å². The van der Waals surface area contributed by atoms with Crippen molar-refractivity contribution >= 4 is 50.7 Å². The number of benzene rings is 2. The van der Waals surface area contributed by atoms with E-state index in [-0.39, 0.29) is 64.3 Å². The van der Waals surface area contributed by atoms with Gasteiger partial charge in [-0.1, -0.05) is 35.8 Å². The van der Waals surface area contributed by atoms with Gasteiger partial charge in [-0.3, -0.25) is 14.4 Å². The highest BCUT2D eigenvalue weighted by Crippen LogP contribution is 2.55. The predicted octanol–water partition coefficient (Wildman–Crippen LogP) is 4.97. The molecule has 1 aromatic heterocycles. The number of fused-ring (bicyclic) bond motifs is 1. The molecule has 0 radical (unpaired) electrons. The minimum Gasteiger partial charge on any atom is -0.507 e. The van der Waals surface area contributed by atoms with E-state index in [0.717, 1.165) is 11.2 Å². The van der Waals surface area contributed by atoms with Crippen LogP contribution in [0.25, 0.3) is 0 Å². The first-order valence-corrected chi connectivity index (χ1v) is 18.9. The van der Waals surface area contributed by atoms with Crippen LogP contribution in [0.15, 0.2) is 51.1 Å². The number of amides is 1.